The Bertz CT molecular complexity index is 311. The highest BCUT2D eigenvalue weighted by atomic mass is 16.1. The van der Waals surface area contributed by atoms with Gasteiger partial charge in [-0.3, -0.25) is 4.79 Å². The first-order valence-electron chi connectivity index (χ1n) is 3.85. The van der Waals surface area contributed by atoms with Crippen LogP contribution in [0.25, 0.3) is 6.08 Å². The summed E-state index contributed by atoms with van der Waals surface area (Å²) in [6.45, 7) is 4.07. The van der Waals surface area contributed by atoms with Gasteiger partial charge in [-0.05, 0) is 31.1 Å². The number of carbonyl (C=O) groups excluding carboxylic acids is 1. The predicted octanol–water partition coefficient (Wildman–Crippen LogP) is 2.43. The first-order valence-corrected chi connectivity index (χ1v) is 3.85. The van der Waals surface area contributed by atoms with Crippen LogP contribution in [-0.4, -0.2) is 6.29 Å². The van der Waals surface area contributed by atoms with E-state index < -0.39 is 0 Å². The van der Waals surface area contributed by atoms with Gasteiger partial charge in [0.1, 0.15) is 0 Å². The lowest BCUT2D eigenvalue weighted by Crippen LogP contribution is -1.81. The molecular formula is C11H11O. The zero-order valence-corrected chi connectivity index (χ0v) is 7.29. The van der Waals surface area contributed by atoms with E-state index in [1.807, 2.05) is 26.0 Å². The van der Waals surface area contributed by atoms with Gasteiger partial charge in [0, 0.05) is 0 Å². The van der Waals surface area contributed by atoms with Crippen molar-refractivity contribution < 1.29 is 4.79 Å². The van der Waals surface area contributed by atoms with Crippen LogP contribution < -0.4 is 0 Å². The van der Waals surface area contributed by atoms with Crippen molar-refractivity contribution in [3.63, 3.8) is 0 Å². The Kier molecular flexibility index (Phi) is 2.81. The minimum absolute atomic E-state index is 1.07. The highest BCUT2D eigenvalue weighted by molar-refractivity contribution is 5.75. The Balaban J connectivity index is 3.01. The SMILES string of the molecule is Cc1ccc(/C=C/[C]=O)c(C)c1. The van der Waals surface area contributed by atoms with Crippen LogP contribution in [0.1, 0.15) is 16.7 Å². The predicted molar refractivity (Wildman–Crippen MR) is 50.6 cm³/mol. The van der Waals surface area contributed by atoms with Crippen molar-refractivity contribution in [3.8, 4) is 0 Å². The van der Waals surface area contributed by atoms with Crippen molar-refractivity contribution in [2.75, 3.05) is 0 Å². The van der Waals surface area contributed by atoms with Gasteiger partial charge in [-0.15, -0.1) is 0 Å². The first kappa shape index (κ1) is 8.72. The van der Waals surface area contributed by atoms with Crippen LogP contribution in [0.15, 0.2) is 24.3 Å². The molecule has 0 bridgehead atoms. The molecule has 1 rings (SSSR count). The number of hydrogen-bond donors (Lipinski definition) is 0. The average molecular weight is 159 g/mol. The third-order valence-corrected chi connectivity index (χ3v) is 1.76. The molecule has 0 saturated carbocycles. The lowest BCUT2D eigenvalue weighted by molar-refractivity contribution is 0.564. The van der Waals surface area contributed by atoms with E-state index in [9.17, 15) is 4.79 Å². The van der Waals surface area contributed by atoms with E-state index in [1.54, 1.807) is 12.4 Å². The topological polar surface area (TPSA) is 17.1 Å². The van der Waals surface area contributed by atoms with Crippen molar-refractivity contribution in [1.82, 2.24) is 0 Å². The van der Waals surface area contributed by atoms with Crippen LogP contribution in [0.3, 0.4) is 0 Å². The maximum Gasteiger partial charge on any atom is 0.225 e. The van der Waals surface area contributed by atoms with E-state index in [2.05, 4.69) is 6.07 Å². The summed E-state index contributed by atoms with van der Waals surface area (Å²) in [4.78, 5) is 9.94. The molecule has 0 aromatic heterocycles. The monoisotopic (exact) mass is 159 g/mol. The fourth-order valence-electron chi connectivity index (χ4n) is 1.14. The van der Waals surface area contributed by atoms with Crippen LogP contribution in [0.2, 0.25) is 0 Å². The highest BCUT2D eigenvalue weighted by Gasteiger charge is 1.92. The van der Waals surface area contributed by atoms with Crippen molar-refractivity contribution >= 4 is 12.4 Å². The zero-order valence-electron chi connectivity index (χ0n) is 7.29. The van der Waals surface area contributed by atoms with Crippen LogP contribution in [-0.2, 0) is 4.79 Å². The summed E-state index contributed by atoms with van der Waals surface area (Å²) in [5.41, 5.74) is 3.49. The van der Waals surface area contributed by atoms with Gasteiger partial charge in [-0.25, -0.2) is 0 Å². The molecule has 1 heteroatoms. The lowest BCUT2D eigenvalue weighted by atomic mass is 10.1. The molecule has 0 saturated heterocycles. The molecule has 1 radical (unpaired) electrons. The Morgan fingerprint density at radius 1 is 1.33 bits per heavy atom. The molecule has 0 aliphatic carbocycles. The largest absolute Gasteiger partial charge is 0.286 e. The van der Waals surface area contributed by atoms with Gasteiger partial charge in [0.15, 0.2) is 0 Å². The fourth-order valence-corrected chi connectivity index (χ4v) is 1.14. The van der Waals surface area contributed by atoms with Gasteiger partial charge < -0.3 is 0 Å². The Morgan fingerprint density at radius 2 is 2.08 bits per heavy atom. The van der Waals surface area contributed by atoms with Gasteiger partial charge in [0.25, 0.3) is 0 Å². The second kappa shape index (κ2) is 3.86. The molecule has 0 aliphatic rings. The third kappa shape index (κ3) is 2.06. The summed E-state index contributed by atoms with van der Waals surface area (Å²) in [7, 11) is 0. The molecule has 1 nitrogen and oxygen atoms in total. The highest BCUT2D eigenvalue weighted by Crippen LogP contribution is 2.11. The maximum atomic E-state index is 9.94. The molecule has 61 valence electrons. The van der Waals surface area contributed by atoms with Gasteiger partial charge in [-0.1, -0.05) is 29.8 Å². The second-order valence-electron chi connectivity index (χ2n) is 2.81. The van der Waals surface area contributed by atoms with E-state index in [-0.39, 0.29) is 0 Å². The number of hydrogen-bond acceptors (Lipinski definition) is 1. The molecule has 12 heavy (non-hydrogen) atoms. The molecule has 0 aliphatic heterocycles. The van der Waals surface area contributed by atoms with Crippen molar-refractivity contribution in [2.45, 2.75) is 13.8 Å². The lowest BCUT2D eigenvalue weighted by Gasteiger charge is -2.00. The number of benzene rings is 1. The summed E-state index contributed by atoms with van der Waals surface area (Å²) in [5.74, 6) is 0. The summed E-state index contributed by atoms with van der Waals surface area (Å²) < 4.78 is 0. The Hall–Kier alpha value is -1.37. The Labute approximate surface area is 72.7 Å². The second-order valence-corrected chi connectivity index (χ2v) is 2.81. The molecule has 0 spiro atoms. The summed E-state index contributed by atoms with van der Waals surface area (Å²) in [6, 6.07) is 6.11. The number of rotatable bonds is 2. The molecule has 0 N–H and O–H groups in total. The van der Waals surface area contributed by atoms with Crippen LogP contribution in [0, 0.1) is 13.8 Å². The van der Waals surface area contributed by atoms with E-state index in [1.165, 1.54) is 17.2 Å². The van der Waals surface area contributed by atoms with Crippen molar-refractivity contribution in [3.05, 3.63) is 41.0 Å². The molecule has 0 atom stereocenters. The number of aryl methyl sites for hydroxylation is 2. The normalized spacial score (nSPS) is 10.5. The van der Waals surface area contributed by atoms with Gasteiger partial charge >= 0.3 is 0 Å². The Morgan fingerprint density at radius 3 is 2.67 bits per heavy atom. The maximum absolute atomic E-state index is 9.94. The molecule has 0 amide bonds. The van der Waals surface area contributed by atoms with E-state index >= 15 is 0 Å². The summed E-state index contributed by atoms with van der Waals surface area (Å²) in [6.07, 6.45) is 4.88. The van der Waals surface area contributed by atoms with Crippen LogP contribution in [0.4, 0.5) is 0 Å². The summed E-state index contributed by atoms with van der Waals surface area (Å²) >= 11 is 0. The molecule has 0 fully saturated rings. The van der Waals surface area contributed by atoms with Gasteiger partial charge in [0.05, 0.1) is 0 Å². The fraction of sp³-hybridized carbons (Fsp3) is 0.182. The van der Waals surface area contributed by atoms with Crippen LogP contribution >= 0.6 is 0 Å². The van der Waals surface area contributed by atoms with Gasteiger partial charge in [0.2, 0.25) is 6.29 Å². The number of allylic oxidation sites excluding steroid dienone is 1. The van der Waals surface area contributed by atoms with E-state index in [0.29, 0.717) is 0 Å². The van der Waals surface area contributed by atoms with E-state index in [4.69, 9.17) is 0 Å². The quantitative estimate of drug-likeness (QED) is 0.606. The summed E-state index contributed by atoms with van der Waals surface area (Å²) in [5, 5.41) is 0. The molecule has 0 unspecified atom stereocenters. The minimum Gasteiger partial charge on any atom is -0.286 e. The molecule has 1 aromatic carbocycles. The molecule has 0 heterocycles. The smallest absolute Gasteiger partial charge is 0.225 e. The van der Waals surface area contributed by atoms with Crippen LogP contribution in [0.5, 0.6) is 0 Å². The third-order valence-electron chi connectivity index (χ3n) is 1.76. The molecule has 1 aromatic rings. The standard InChI is InChI=1S/C11H11O/c1-9-5-6-11(4-3-7-12)10(2)8-9/h3-6,8H,1-2H3/b4-3+. The van der Waals surface area contributed by atoms with Gasteiger partial charge in [-0.2, -0.15) is 0 Å². The molecular weight excluding hydrogens is 148 g/mol. The van der Waals surface area contributed by atoms with Crippen molar-refractivity contribution in [1.29, 1.82) is 0 Å². The average Bonchev–Trinajstić information content (AvgIpc) is 2.03. The minimum atomic E-state index is 1.07. The van der Waals surface area contributed by atoms with E-state index in [0.717, 1.165) is 5.56 Å². The van der Waals surface area contributed by atoms with Crippen molar-refractivity contribution in [2.24, 2.45) is 0 Å². The zero-order chi connectivity index (χ0) is 8.97. The first-order chi connectivity index (χ1) is 5.74.